The molecule has 2 amide bonds. The first-order chi connectivity index (χ1) is 15.4. The van der Waals surface area contributed by atoms with E-state index in [1.807, 2.05) is 18.2 Å². The van der Waals surface area contributed by atoms with E-state index in [-0.39, 0.29) is 18.0 Å². The third kappa shape index (κ3) is 4.74. The van der Waals surface area contributed by atoms with Crippen molar-refractivity contribution in [1.29, 1.82) is 0 Å². The number of pyridine rings is 1. The minimum Gasteiger partial charge on any atom is -0.352 e. The van der Waals surface area contributed by atoms with Crippen LogP contribution in [-0.4, -0.2) is 22.9 Å². The lowest BCUT2D eigenvalue weighted by molar-refractivity contribution is -0.115. The Labute approximate surface area is 182 Å². The normalized spacial score (nSPS) is 12.4. The number of fused-ring (bicyclic) bond motifs is 1. The first-order valence-electron chi connectivity index (χ1n) is 10.2. The summed E-state index contributed by atoms with van der Waals surface area (Å²) in [5, 5.41) is 5.54. The topological polar surface area (TPSA) is 80.2 Å². The molecule has 2 heterocycles. The number of carbonyl (C=O) groups excluding carboxylic acids is 2. The Morgan fingerprint density at radius 3 is 2.66 bits per heavy atom. The highest BCUT2D eigenvalue weighted by atomic mass is 19.2. The van der Waals surface area contributed by atoms with Crippen LogP contribution in [0.2, 0.25) is 0 Å². The molecule has 0 atom stereocenters. The quantitative estimate of drug-likeness (QED) is 0.558. The summed E-state index contributed by atoms with van der Waals surface area (Å²) in [4.78, 5) is 36.6. The van der Waals surface area contributed by atoms with Crippen molar-refractivity contribution in [3.8, 4) is 0 Å². The van der Waals surface area contributed by atoms with Crippen LogP contribution in [0.4, 0.5) is 14.5 Å². The summed E-state index contributed by atoms with van der Waals surface area (Å²) in [5.74, 6) is -2.45. The summed E-state index contributed by atoms with van der Waals surface area (Å²) in [6.45, 7) is 0.400. The van der Waals surface area contributed by atoms with Crippen molar-refractivity contribution in [2.24, 2.45) is 0 Å². The Balaban J connectivity index is 1.34. The molecule has 2 aromatic carbocycles. The highest BCUT2D eigenvalue weighted by Gasteiger charge is 2.17. The zero-order valence-electron chi connectivity index (χ0n) is 17.2. The second-order valence-electron chi connectivity index (χ2n) is 7.68. The molecule has 0 bridgehead atoms. The zero-order valence-corrected chi connectivity index (χ0v) is 17.2. The van der Waals surface area contributed by atoms with Crippen molar-refractivity contribution in [3.63, 3.8) is 0 Å². The van der Waals surface area contributed by atoms with Crippen molar-refractivity contribution in [2.45, 2.75) is 25.8 Å². The number of halogens is 2. The van der Waals surface area contributed by atoms with Crippen LogP contribution in [0, 0.1) is 11.6 Å². The predicted octanol–water partition coefficient (Wildman–Crippen LogP) is 3.03. The number of aryl methyl sites for hydroxylation is 1. The SMILES string of the molecule is O=C1Cc2cc(CCCNC(=O)c3cccn(Cc4ccc(F)c(F)c4)c3=O)ccc2N1. The van der Waals surface area contributed by atoms with Gasteiger partial charge < -0.3 is 15.2 Å². The van der Waals surface area contributed by atoms with Crippen LogP contribution < -0.4 is 16.2 Å². The summed E-state index contributed by atoms with van der Waals surface area (Å²) in [6, 6.07) is 12.2. The fourth-order valence-corrected chi connectivity index (χ4v) is 3.70. The number of rotatable bonds is 7. The maximum absolute atomic E-state index is 13.4. The van der Waals surface area contributed by atoms with E-state index in [1.165, 1.54) is 22.9 Å². The predicted molar refractivity (Wildman–Crippen MR) is 116 cm³/mol. The molecule has 1 aliphatic rings. The molecule has 4 rings (SSSR count). The number of hydrogen-bond acceptors (Lipinski definition) is 3. The Hall–Kier alpha value is -3.81. The van der Waals surface area contributed by atoms with E-state index >= 15 is 0 Å². The lowest BCUT2D eigenvalue weighted by Gasteiger charge is -2.10. The first-order valence-corrected chi connectivity index (χ1v) is 10.2. The number of benzene rings is 2. The van der Waals surface area contributed by atoms with E-state index in [4.69, 9.17) is 0 Å². The molecule has 0 saturated carbocycles. The molecule has 0 fully saturated rings. The lowest BCUT2D eigenvalue weighted by Crippen LogP contribution is -2.33. The van der Waals surface area contributed by atoms with E-state index in [0.29, 0.717) is 24.9 Å². The number of nitrogens with zero attached hydrogens (tertiary/aromatic N) is 1. The van der Waals surface area contributed by atoms with Crippen LogP contribution in [0.25, 0.3) is 0 Å². The molecule has 0 saturated heterocycles. The molecule has 0 aliphatic carbocycles. The molecule has 6 nitrogen and oxygen atoms in total. The van der Waals surface area contributed by atoms with Gasteiger partial charge in [-0.25, -0.2) is 8.78 Å². The zero-order chi connectivity index (χ0) is 22.7. The summed E-state index contributed by atoms with van der Waals surface area (Å²) in [5.41, 5.74) is 2.78. The lowest BCUT2D eigenvalue weighted by atomic mass is 10.0. The van der Waals surface area contributed by atoms with Crippen molar-refractivity contribution in [1.82, 2.24) is 9.88 Å². The Bertz CT molecular complexity index is 1250. The van der Waals surface area contributed by atoms with Gasteiger partial charge in [0.2, 0.25) is 5.91 Å². The molecule has 0 unspecified atom stereocenters. The monoisotopic (exact) mass is 437 g/mol. The van der Waals surface area contributed by atoms with Crippen LogP contribution in [0.1, 0.15) is 33.5 Å². The molecular formula is C24H21F2N3O3. The molecule has 0 spiro atoms. The van der Waals surface area contributed by atoms with E-state index in [2.05, 4.69) is 10.6 Å². The Morgan fingerprint density at radius 1 is 1.03 bits per heavy atom. The van der Waals surface area contributed by atoms with Crippen molar-refractivity contribution in [2.75, 3.05) is 11.9 Å². The van der Waals surface area contributed by atoms with E-state index in [1.54, 1.807) is 6.07 Å². The van der Waals surface area contributed by atoms with Crippen LogP contribution in [0.5, 0.6) is 0 Å². The summed E-state index contributed by atoms with van der Waals surface area (Å²) in [7, 11) is 0. The number of amides is 2. The van der Waals surface area contributed by atoms with Gasteiger partial charge in [0.1, 0.15) is 5.56 Å². The standard InChI is InChI=1S/C24H21F2N3O3/c25-19-7-5-16(12-20(19)26)14-29-10-2-4-18(24(29)32)23(31)27-9-1-3-15-6-8-21-17(11-15)13-22(30)28-21/h2,4-8,10-12H,1,3,9,13-14H2,(H,27,31)(H,28,30). The Morgan fingerprint density at radius 2 is 1.84 bits per heavy atom. The third-order valence-electron chi connectivity index (χ3n) is 5.32. The van der Waals surface area contributed by atoms with Crippen LogP contribution in [-0.2, 0) is 24.2 Å². The third-order valence-corrected chi connectivity index (χ3v) is 5.32. The van der Waals surface area contributed by atoms with Gasteiger partial charge in [-0.15, -0.1) is 0 Å². The molecule has 2 N–H and O–H groups in total. The molecule has 1 aromatic heterocycles. The molecule has 8 heteroatoms. The van der Waals surface area contributed by atoms with E-state index in [9.17, 15) is 23.2 Å². The molecule has 164 valence electrons. The molecule has 1 aliphatic heterocycles. The van der Waals surface area contributed by atoms with Crippen LogP contribution in [0.15, 0.2) is 59.5 Å². The molecule has 32 heavy (non-hydrogen) atoms. The second-order valence-corrected chi connectivity index (χ2v) is 7.68. The van der Waals surface area contributed by atoms with Crippen molar-refractivity contribution >= 4 is 17.5 Å². The highest BCUT2D eigenvalue weighted by Crippen LogP contribution is 2.24. The van der Waals surface area contributed by atoms with Gasteiger partial charge in [-0.1, -0.05) is 18.2 Å². The number of aromatic nitrogens is 1. The molecule has 0 radical (unpaired) electrons. The van der Waals surface area contributed by atoms with Gasteiger partial charge in [0.15, 0.2) is 11.6 Å². The van der Waals surface area contributed by atoms with Gasteiger partial charge in [-0.2, -0.15) is 0 Å². The average Bonchev–Trinajstić information content (AvgIpc) is 3.14. The van der Waals surface area contributed by atoms with Gasteiger partial charge >= 0.3 is 0 Å². The maximum atomic E-state index is 13.4. The second kappa shape index (κ2) is 9.13. The number of hydrogen-bond donors (Lipinski definition) is 2. The largest absolute Gasteiger partial charge is 0.352 e. The first kappa shape index (κ1) is 21.4. The van der Waals surface area contributed by atoms with E-state index in [0.717, 1.165) is 35.4 Å². The minimum atomic E-state index is -0.990. The number of carbonyl (C=O) groups is 2. The maximum Gasteiger partial charge on any atom is 0.263 e. The number of nitrogens with one attached hydrogen (secondary N) is 2. The van der Waals surface area contributed by atoms with Crippen LogP contribution in [0.3, 0.4) is 0 Å². The van der Waals surface area contributed by atoms with Gasteiger partial charge in [-0.05, 0) is 59.9 Å². The van der Waals surface area contributed by atoms with Gasteiger partial charge in [0, 0.05) is 18.4 Å². The molecule has 3 aromatic rings. The van der Waals surface area contributed by atoms with Crippen molar-refractivity contribution < 1.29 is 18.4 Å². The summed E-state index contributed by atoms with van der Waals surface area (Å²) < 4.78 is 27.8. The summed E-state index contributed by atoms with van der Waals surface area (Å²) in [6.07, 6.45) is 3.26. The number of anilines is 1. The van der Waals surface area contributed by atoms with E-state index < -0.39 is 23.1 Å². The Kier molecular flexibility index (Phi) is 6.11. The van der Waals surface area contributed by atoms with Gasteiger partial charge in [0.05, 0.1) is 13.0 Å². The fourth-order valence-electron chi connectivity index (χ4n) is 3.70. The minimum absolute atomic E-state index is 0.0116. The highest BCUT2D eigenvalue weighted by molar-refractivity contribution is 5.99. The summed E-state index contributed by atoms with van der Waals surface area (Å²) >= 11 is 0. The van der Waals surface area contributed by atoms with Crippen LogP contribution >= 0.6 is 0 Å². The van der Waals surface area contributed by atoms with Crippen molar-refractivity contribution in [3.05, 3.63) is 99.0 Å². The smallest absolute Gasteiger partial charge is 0.263 e. The average molecular weight is 437 g/mol. The van der Waals surface area contributed by atoms with Gasteiger partial charge in [-0.3, -0.25) is 14.4 Å². The molecular weight excluding hydrogens is 416 g/mol. The van der Waals surface area contributed by atoms with Gasteiger partial charge in [0.25, 0.3) is 11.5 Å². The fraction of sp³-hybridized carbons (Fsp3) is 0.208.